The minimum Gasteiger partial charge on any atom is -0.366 e. The molecule has 3 N–H and O–H groups in total. The van der Waals surface area contributed by atoms with Gasteiger partial charge in [0.25, 0.3) is 6.20 Å². The molecular formula is C15H22N6O2S3. The highest BCUT2D eigenvalue weighted by Crippen LogP contribution is 2.12. The van der Waals surface area contributed by atoms with Crippen LogP contribution in [0.2, 0.25) is 0 Å². The number of aryl methyl sites for hydroxylation is 1. The summed E-state index contributed by atoms with van der Waals surface area (Å²) in [5.74, 6) is 3.81. The summed E-state index contributed by atoms with van der Waals surface area (Å²) in [6.45, 7) is 3.29. The number of aromatic amines is 1. The number of H-pyrrole nitrogens is 1. The van der Waals surface area contributed by atoms with E-state index in [0.717, 1.165) is 46.3 Å². The Labute approximate surface area is 165 Å². The average Bonchev–Trinajstić information content (AvgIpc) is 3.25. The lowest BCUT2D eigenvalue weighted by molar-refractivity contribution is -0.404. The van der Waals surface area contributed by atoms with Gasteiger partial charge in [0.15, 0.2) is 5.82 Å². The Morgan fingerprint density at radius 1 is 1.35 bits per heavy atom. The molecule has 26 heavy (non-hydrogen) atoms. The molecule has 0 spiro atoms. The van der Waals surface area contributed by atoms with Crippen LogP contribution in [-0.4, -0.2) is 43.9 Å². The third-order valence-electron chi connectivity index (χ3n) is 3.27. The first-order valence-corrected chi connectivity index (χ1v) is 11.2. The molecule has 0 bridgehead atoms. The van der Waals surface area contributed by atoms with E-state index < -0.39 is 4.92 Å². The molecule has 2 heterocycles. The van der Waals surface area contributed by atoms with Crippen LogP contribution in [0, 0.1) is 17.0 Å². The molecule has 2 aromatic heterocycles. The number of imidazole rings is 1. The topological polar surface area (TPSA) is 109 Å². The SMILES string of the molecule is Cc1[nH]cnc1CSCCN/C(=C/[N+](=O)[O-])NCCSCc1ccsn1. The molecule has 0 radical (unpaired) electrons. The fourth-order valence-electron chi connectivity index (χ4n) is 1.97. The van der Waals surface area contributed by atoms with Crippen LogP contribution in [0.4, 0.5) is 0 Å². The molecule has 142 valence electrons. The van der Waals surface area contributed by atoms with Crippen molar-refractivity contribution in [2.24, 2.45) is 0 Å². The first-order chi connectivity index (χ1) is 12.6. The van der Waals surface area contributed by atoms with Crippen LogP contribution >= 0.6 is 35.1 Å². The van der Waals surface area contributed by atoms with E-state index in [0.29, 0.717) is 18.9 Å². The number of hydrogen-bond acceptors (Lipinski definition) is 9. The minimum atomic E-state index is -0.446. The number of hydrogen-bond donors (Lipinski definition) is 3. The summed E-state index contributed by atoms with van der Waals surface area (Å²) in [4.78, 5) is 17.6. The highest BCUT2D eigenvalue weighted by molar-refractivity contribution is 7.98. The summed E-state index contributed by atoms with van der Waals surface area (Å²) in [5, 5.41) is 18.9. The van der Waals surface area contributed by atoms with E-state index in [2.05, 4.69) is 25.0 Å². The average molecular weight is 415 g/mol. The first kappa shape index (κ1) is 20.6. The predicted octanol–water partition coefficient (Wildman–Crippen LogP) is 2.60. The van der Waals surface area contributed by atoms with Gasteiger partial charge in [-0.2, -0.15) is 27.9 Å². The number of aromatic nitrogens is 3. The summed E-state index contributed by atoms with van der Waals surface area (Å²) in [6.07, 6.45) is 2.67. The molecule has 0 fully saturated rings. The smallest absolute Gasteiger partial charge is 0.274 e. The van der Waals surface area contributed by atoms with Gasteiger partial charge in [-0.1, -0.05) is 0 Å². The highest BCUT2D eigenvalue weighted by Gasteiger charge is 2.04. The molecular weight excluding hydrogens is 392 g/mol. The molecule has 0 atom stereocenters. The van der Waals surface area contributed by atoms with Gasteiger partial charge in [-0.25, -0.2) is 4.98 Å². The molecule has 0 aliphatic carbocycles. The number of rotatable bonds is 13. The third kappa shape index (κ3) is 8.11. The van der Waals surface area contributed by atoms with E-state index in [1.54, 1.807) is 29.9 Å². The fraction of sp³-hybridized carbons (Fsp3) is 0.467. The van der Waals surface area contributed by atoms with Gasteiger partial charge >= 0.3 is 0 Å². The number of nitrogens with zero attached hydrogens (tertiary/aromatic N) is 3. The summed E-state index contributed by atoms with van der Waals surface area (Å²) >= 11 is 4.93. The van der Waals surface area contributed by atoms with Crippen LogP contribution in [0.15, 0.2) is 29.8 Å². The van der Waals surface area contributed by atoms with Crippen LogP contribution in [0.5, 0.6) is 0 Å². The zero-order chi connectivity index (χ0) is 18.6. The second kappa shape index (κ2) is 11.8. The zero-order valence-corrected chi connectivity index (χ0v) is 16.9. The maximum absolute atomic E-state index is 10.8. The maximum Gasteiger partial charge on any atom is 0.274 e. The Morgan fingerprint density at radius 3 is 2.65 bits per heavy atom. The zero-order valence-electron chi connectivity index (χ0n) is 14.4. The van der Waals surface area contributed by atoms with Gasteiger partial charge in [0.1, 0.15) is 0 Å². The van der Waals surface area contributed by atoms with Crippen molar-refractivity contribution in [3.63, 3.8) is 0 Å². The van der Waals surface area contributed by atoms with Crippen molar-refractivity contribution in [1.82, 2.24) is 25.0 Å². The molecule has 0 aliphatic heterocycles. The van der Waals surface area contributed by atoms with E-state index >= 15 is 0 Å². The van der Waals surface area contributed by atoms with Gasteiger partial charge in [0.05, 0.1) is 22.6 Å². The quantitative estimate of drug-likeness (QED) is 0.261. The van der Waals surface area contributed by atoms with Crippen LogP contribution in [0.25, 0.3) is 0 Å². The first-order valence-electron chi connectivity index (χ1n) is 8.02. The molecule has 0 saturated heterocycles. The Balaban J connectivity index is 1.60. The molecule has 11 heteroatoms. The monoisotopic (exact) mass is 414 g/mol. The molecule has 0 aromatic carbocycles. The van der Waals surface area contributed by atoms with Crippen LogP contribution in [0.3, 0.4) is 0 Å². The standard InChI is InChI=1S/C15H22N6O2S3/c1-12-14(19-11-18-12)10-25-7-4-17-15(8-21(22)23)16-3-6-24-9-13-2-5-26-20-13/h2,5,8,11,16-17H,3-4,6-7,9-10H2,1H3,(H,18,19)/b15-8+. The largest absolute Gasteiger partial charge is 0.366 e. The molecule has 2 rings (SSSR count). The molecule has 0 unspecified atom stereocenters. The molecule has 0 aliphatic rings. The van der Waals surface area contributed by atoms with Crippen molar-refractivity contribution in [3.05, 3.63) is 57.0 Å². The van der Waals surface area contributed by atoms with E-state index in [-0.39, 0.29) is 0 Å². The highest BCUT2D eigenvalue weighted by atomic mass is 32.2. The van der Waals surface area contributed by atoms with Gasteiger partial charge in [0, 0.05) is 47.2 Å². The Morgan fingerprint density at radius 2 is 2.08 bits per heavy atom. The Kier molecular flexibility index (Phi) is 9.35. The van der Waals surface area contributed by atoms with Gasteiger partial charge in [-0.15, -0.1) is 0 Å². The van der Waals surface area contributed by atoms with Crippen LogP contribution in [0.1, 0.15) is 17.1 Å². The van der Waals surface area contributed by atoms with E-state index in [4.69, 9.17) is 0 Å². The number of thioether (sulfide) groups is 2. The summed E-state index contributed by atoms with van der Waals surface area (Å²) in [5.41, 5.74) is 3.20. The minimum absolute atomic E-state index is 0.445. The van der Waals surface area contributed by atoms with Gasteiger partial charge in [0.2, 0.25) is 0 Å². The lowest BCUT2D eigenvalue weighted by atomic mass is 10.4. The normalized spacial score (nSPS) is 11.5. The predicted molar refractivity (Wildman–Crippen MR) is 109 cm³/mol. The van der Waals surface area contributed by atoms with E-state index in [1.165, 1.54) is 11.5 Å². The van der Waals surface area contributed by atoms with Crippen molar-refractivity contribution < 1.29 is 4.92 Å². The summed E-state index contributed by atoms with van der Waals surface area (Å²) in [6, 6.07) is 2.01. The molecule has 2 aromatic rings. The third-order valence-corrected chi connectivity index (χ3v) is 5.83. The van der Waals surface area contributed by atoms with Gasteiger partial charge in [-0.05, 0) is 24.5 Å². The molecule has 8 nitrogen and oxygen atoms in total. The van der Waals surface area contributed by atoms with Gasteiger partial charge in [-0.3, -0.25) is 10.1 Å². The van der Waals surface area contributed by atoms with E-state index in [1.807, 2.05) is 18.4 Å². The Hall–Kier alpha value is -1.72. The Bertz CT molecular complexity index is 689. The van der Waals surface area contributed by atoms with Crippen molar-refractivity contribution in [2.75, 3.05) is 24.6 Å². The van der Waals surface area contributed by atoms with E-state index in [9.17, 15) is 10.1 Å². The lowest BCUT2D eigenvalue weighted by Gasteiger charge is -2.11. The van der Waals surface area contributed by atoms with Crippen molar-refractivity contribution >= 4 is 35.1 Å². The number of nitrogens with one attached hydrogen (secondary N) is 3. The van der Waals surface area contributed by atoms with Gasteiger partial charge < -0.3 is 15.6 Å². The molecule has 0 saturated carbocycles. The number of nitro groups is 1. The van der Waals surface area contributed by atoms with Crippen molar-refractivity contribution in [1.29, 1.82) is 0 Å². The second-order valence-corrected chi connectivity index (χ2v) is 8.13. The van der Waals surface area contributed by atoms with Crippen molar-refractivity contribution in [2.45, 2.75) is 18.4 Å². The summed E-state index contributed by atoms with van der Waals surface area (Å²) in [7, 11) is 0. The van der Waals surface area contributed by atoms with Crippen LogP contribution in [-0.2, 0) is 11.5 Å². The summed E-state index contributed by atoms with van der Waals surface area (Å²) < 4.78 is 4.25. The fourth-order valence-corrected chi connectivity index (χ4v) is 4.22. The van der Waals surface area contributed by atoms with Crippen LogP contribution < -0.4 is 10.6 Å². The second-order valence-electron chi connectivity index (χ2n) is 5.25. The maximum atomic E-state index is 10.8. The lowest BCUT2D eigenvalue weighted by Crippen LogP contribution is -2.30. The molecule has 0 amide bonds. The van der Waals surface area contributed by atoms with Crippen molar-refractivity contribution in [3.8, 4) is 0 Å².